The molecule has 5 saturated carbocycles. The molecule has 0 bridgehead atoms. The van der Waals surface area contributed by atoms with Crippen molar-refractivity contribution in [3.8, 4) is 0 Å². The highest BCUT2D eigenvalue weighted by atomic mass is 16.7. The van der Waals surface area contributed by atoms with E-state index in [2.05, 4.69) is 34.6 Å². The summed E-state index contributed by atoms with van der Waals surface area (Å²) >= 11 is 0. The van der Waals surface area contributed by atoms with Crippen LogP contribution in [0.4, 0.5) is 0 Å². The van der Waals surface area contributed by atoms with Crippen molar-refractivity contribution >= 4 is 5.97 Å². The van der Waals surface area contributed by atoms with E-state index in [0.717, 1.165) is 38.5 Å². The fraction of sp³-hybridized carbons (Fsp3) is 0.969. The number of hydrogen-bond acceptors (Lipinski definition) is 7. The molecule has 0 amide bonds. The van der Waals surface area contributed by atoms with Crippen molar-refractivity contribution in [3.05, 3.63) is 0 Å². The van der Waals surface area contributed by atoms with Crippen LogP contribution < -0.4 is 0 Å². The SMILES string of the molecule is CC(=O)O[C@H]([C@H]1C[C@@H](C)[C@H]2[C@@](O)(O1)[C@H](O)[C@@]1(C)[C@@H]3CCC4C(C)(C)[C@@H](O)CC[C@@]45C[C@@]35CC[C@]21C)C(C)(C)O. The van der Waals surface area contributed by atoms with Gasteiger partial charge in [0.05, 0.1) is 11.7 Å². The second-order valence-electron chi connectivity index (χ2n) is 16.4. The van der Waals surface area contributed by atoms with Crippen molar-refractivity contribution in [2.45, 2.75) is 143 Å². The molecule has 6 rings (SSSR count). The van der Waals surface area contributed by atoms with E-state index in [1.807, 2.05) is 0 Å². The van der Waals surface area contributed by atoms with Crippen LogP contribution in [0, 0.1) is 50.7 Å². The van der Waals surface area contributed by atoms with Crippen LogP contribution in [0.1, 0.15) is 107 Å². The summed E-state index contributed by atoms with van der Waals surface area (Å²) in [5, 5.41) is 46.6. The van der Waals surface area contributed by atoms with Gasteiger partial charge in [0.2, 0.25) is 0 Å². The molecule has 0 aromatic heterocycles. The molecule has 5 aliphatic carbocycles. The number of aliphatic hydroxyl groups excluding tert-OH is 2. The number of fused-ring (bicyclic) bond motifs is 4. The van der Waals surface area contributed by atoms with E-state index in [4.69, 9.17) is 9.47 Å². The number of carbonyl (C=O) groups is 1. The average Bonchev–Trinajstić information content (AvgIpc) is 3.45. The normalized spacial score (nSPS) is 56.3. The van der Waals surface area contributed by atoms with Crippen LogP contribution >= 0.6 is 0 Å². The monoisotopic (exact) mass is 548 g/mol. The quantitative estimate of drug-likeness (QED) is 0.391. The third-order valence-electron chi connectivity index (χ3n) is 14.2. The molecule has 7 heteroatoms. The first kappa shape index (κ1) is 28.4. The maximum Gasteiger partial charge on any atom is 0.303 e. The van der Waals surface area contributed by atoms with Gasteiger partial charge in [0.25, 0.3) is 0 Å². The Bertz CT molecular complexity index is 1050. The summed E-state index contributed by atoms with van der Waals surface area (Å²) in [5.41, 5.74) is -1.99. The minimum absolute atomic E-state index is 0.00190. The van der Waals surface area contributed by atoms with Crippen molar-refractivity contribution in [1.29, 1.82) is 0 Å². The largest absolute Gasteiger partial charge is 0.457 e. The molecular weight excluding hydrogens is 496 g/mol. The molecule has 1 unspecified atom stereocenters. The Morgan fingerprint density at radius 2 is 1.62 bits per heavy atom. The van der Waals surface area contributed by atoms with Gasteiger partial charge in [-0.15, -0.1) is 0 Å². The van der Waals surface area contributed by atoms with E-state index < -0.39 is 41.1 Å². The first-order valence-electron chi connectivity index (χ1n) is 15.5. The van der Waals surface area contributed by atoms with Crippen molar-refractivity contribution in [2.24, 2.45) is 50.7 Å². The van der Waals surface area contributed by atoms with E-state index >= 15 is 0 Å². The molecular formula is C32H52O7. The fourth-order valence-electron chi connectivity index (χ4n) is 12.5. The molecule has 0 aromatic carbocycles. The lowest BCUT2D eigenvalue weighted by atomic mass is 9.41. The third-order valence-corrected chi connectivity index (χ3v) is 14.2. The van der Waals surface area contributed by atoms with Crippen molar-refractivity contribution in [2.75, 3.05) is 0 Å². The molecule has 13 atom stereocenters. The minimum atomic E-state index is -1.79. The second-order valence-corrected chi connectivity index (χ2v) is 16.4. The van der Waals surface area contributed by atoms with Gasteiger partial charge in [-0.1, -0.05) is 34.6 Å². The lowest BCUT2D eigenvalue weighted by molar-refractivity contribution is -0.342. The van der Waals surface area contributed by atoms with Gasteiger partial charge in [0.1, 0.15) is 12.2 Å². The van der Waals surface area contributed by atoms with Crippen LogP contribution in [0.5, 0.6) is 0 Å². The zero-order valence-electron chi connectivity index (χ0n) is 25.3. The Morgan fingerprint density at radius 3 is 2.23 bits per heavy atom. The van der Waals surface area contributed by atoms with Crippen LogP contribution in [-0.4, -0.2) is 62.2 Å². The highest BCUT2D eigenvalue weighted by Gasteiger charge is 2.86. The van der Waals surface area contributed by atoms with Gasteiger partial charge in [-0.3, -0.25) is 4.79 Å². The first-order chi connectivity index (χ1) is 17.8. The third kappa shape index (κ3) is 3.21. The minimum Gasteiger partial charge on any atom is -0.457 e. The Labute approximate surface area is 234 Å². The zero-order valence-corrected chi connectivity index (χ0v) is 25.3. The molecule has 222 valence electrons. The molecule has 0 radical (unpaired) electrons. The Kier molecular flexibility index (Phi) is 5.83. The average molecular weight is 549 g/mol. The van der Waals surface area contributed by atoms with E-state index in [0.29, 0.717) is 12.3 Å². The van der Waals surface area contributed by atoms with Crippen molar-refractivity contribution < 1.29 is 34.7 Å². The number of aliphatic hydroxyl groups is 4. The van der Waals surface area contributed by atoms with Gasteiger partial charge in [-0.05, 0) is 105 Å². The van der Waals surface area contributed by atoms with Crippen molar-refractivity contribution in [3.63, 3.8) is 0 Å². The molecule has 2 spiro atoms. The number of carbonyl (C=O) groups excluding carboxylic acids is 1. The van der Waals surface area contributed by atoms with Gasteiger partial charge in [0, 0.05) is 18.3 Å². The molecule has 6 fully saturated rings. The molecule has 1 aliphatic heterocycles. The van der Waals surface area contributed by atoms with E-state index in [1.165, 1.54) is 13.3 Å². The van der Waals surface area contributed by atoms with Crippen LogP contribution in [0.25, 0.3) is 0 Å². The molecule has 1 saturated heterocycles. The molecule has 7 nitrogen and oxygen atoms in total. The Balaban J connectivity index is 1.38. The van der Waals surface area contributed by atoms with Gasteiger partial charge >= 0.3 is 5.97 Å². The van der Waals surface area contributed by atoms with Gasteiger partial charge in [-0.25, -0.2) is 0 Å². The molecule has 1 heterocycles. The smallest absolute Gasteiger partial charge is 0.303 e. The summed E-state index contributed by atoms with van der Waals surface area (Å²) in [6.45, 7) is 15.6. The second kappa shape index (κ2) is 8.00. The zero-order chi connectivity index (χ0) is 28.8. The molecule has 0 aromatic rings. The molecule has 6 aliphatic rings. The van der Waals surface area contributed by atoms with Crippen LogP contribution in [0.15, 0.2) is 0 Å². The Morgan fingerprint density at radius 1 is 1.00 bits per heavy atom. The summed E-state index contributed by atoms with van der Waals surface area (Å²) in [4.78, 5) is 12.0. The summed E-state index contributed by atoms with van der Waals surface area (Å²) in [6.07, 6.45) is 4.61. The highest BCUT2D eigenvalue weighted by molar-refractivity contribution is 5.66. The topological polar surface area (TPSA) is 116 Å². The lowest BCUT2D eigenvalue weighted by Crippen LogP contribution is -2.61. The number of hydrogen-bond donors (Lipinski definition) is 4. The van der Waals surface area contributed by atoms with Crippen molar-refractivity contribution in [1.82, 2.24) is 0 Å². The maximum absolute atomic E-state index is 12.4. The van der Waals surface area contributed by atoms with Gasteiger partial charge < -0.3 is 29.9 Å². The summed E-state index contributed by atoms with van der Waals surface area (Å²) in [6, 6.07) is 0. The lowest BCUT2D eigenvalue weighted by Gasteiger charge is -2.63. The molecule has 4 N–H and O–H groups in total. The van der Waals surface area contributed by atoms with E-state index in [9.17, 15) is 25.2 Å². The number of ether oxygens (including phenoxy) is 2. The fourth-order valence-corrected chi connectivity index (χ4v) is 12.5. The highest BCUT2D eigenvalue weighted by Crippen LogP contribution is 2.89. The van der Waals surface area contributed by atoms with Crippen LogP contribution in [-0.2, 0) is 14.3 Å². The number of rotatable bonds is 3. The number of esters is 1. The summed E-state index contributed by atoms with van der Waals surface area (Å²) in [5.74, 6) is -1.82. The first-order valence-corrected chi connectivity index (χ1v) is 15.5. The Hall–Kier alpha value is -0.730. The van der Waals surface area contributed by atoms with Gasteiger partial charge in [-0.2, -0.15) is 0 Å². The predicted octanol–water partition coefficient (Wildman–Crippen LogP) is 4.18. The van der Waals surface area contributed by atoms with E-state index in [-0.39, 0.29) is 45.5 Å². The standard InChI is InChI=1S/C32H52O7/c1-17-15-19(24(27(5,6)36)38-18(2)33)39-32(37)23(17)28(7)13-14-31-16-30(31)12-11-22(34)26(3,4)20(30)9-10-21(31)29(28,8)25(32)35/h17,19-25,34-37H,9-16H2,1-8H3/t17-,19-,20?,21+,22+,23-,24-,25-,28-,29-,30-,31+,32-/m1/s1. The predicted molar refractivity (Wildman–Crippen MR) is 145 cm³/mol. The molecule has 39 heavy (non-hydrogen) atoms. The summed E-state index contributed by atoms with van der Waals surface area (Å²) in [7, 11) is 0. The van der Waals surface area contributed by atoms with Crippen LogP contribution in [0.2, 0.25) is 0 Å². The van der Waals surface area contributed by atoms with Gasteiger partial charge in [0.15, 0.2) is 11.9 Å². The summed E-state index contributed by atoms with van der Waals surface area (Å²) < 4.78 is 12.1. The van der Waals surface area contributed by atoms with E-state index in [1.54, 1.807) is 13.8 Å². The maximum atomic E-state index is 12.4. The van der Waals surface area contributed by atoms with Crippen LogP contribution in [0.3, 0.4) is 0 Å².